The number of thioether (sulfide) groups is 1. The molecule has 3 heterocycles. The summed E-state index contributed by atoms with van der Waals surface area (Å²) >= 11 is 1.78. The molecule has 1 fully saturated rings. The molecule has 0 aliphatic carbocycles. The van der Waals surface area contributed by atoms with Crippen molar-refractivity contribution in [2.24, 2.45) is 0 Å². The fraction of sp³-hybridized carbons (Fsp3) is 0.381. The summed E-state index contributed by atoms with van der Waals surface area (Å²) in [6.07, 6.45) is 4.58. The molecule has 0 N–H and O–H groups in total. The maximum Gasteiger partial charge on any atom is 0.191 e. The molecule has 0 bridgehead atoms. The highest BCUT2D eigenvalue weighted by Crippen LogP contribution is 2.24. The molecule has 6 nitrogen and oxygen atoms in total. The largest absolute Gasteiger partial charge is 0.379 e. The van der Waals surface area contributed by atoms with Gasteiger partial charge in [-0.3, -0.25) is 9.88 Å². The fourth-order valence-electron chi connectivity index (χ4n) is 3.28. The van der Waals surface area contributed by atoms with E-state index in [1.165, 1.54) is 5.56 Å². The third-order valence-electron chi connectivity index (χ3n) is 4.85. The maximum absolute atomic E-state index is 5.43. The van der Waals surface area contributed by atoms with Crippen LogP contribution in [0.4, 0.5) is 0 Å². The lowest BCUT2D eigenvalue weighted by atomic mass is 10.1. The monoisotopic (exact) mass is 395 g/mol. The van der Waals surface area contributed by atoms with Gasteiger partial charge < -0.3 is 9.30 Å². The van der Waals surface area contributed by atoms with Gasteiger partial charge in [0.2, 0.25) is 0 Å². The van der Waals surface area contributed by atoms with Gasteiger partial charge in [-0.15, -0.1) is 10.2 Å². The van der Waals surface area contributed by atoms with Crippen LogP contribution in [0.1, 0.15) is 5.56 Å². The van der Waals surface area contributed by atoms with Crippen LogP contribution in [0.25, 0.3) is 11.4 Å². The van der Waals surface area contributed by atoms with Gasteiger partial charge in [0.25, 0.3) is 0 Å². The lowest BCUT2D eigenvalue weighted by molar-refractivity contribution is 0.0410. The molecule has 0 unspecified atom stereocenters. The zero-order chi connectivity index (χ0) is 19.0. The number of hydrogen-bond acceptors (Lipinski definition) is 6. The Hall–Kier alpha value is -2.22. The van der Waals surface area contributed by atoms with E-state index in [1.807, 2.05) is 18.3 Å². The minimum absolute atomic E-state index is 0.836. The molecular formula is C21H25N5OS. The first-order chi connectivity index (χ1) is 13.9. The second-order valence-electron chi connectivity index (χ2n) is 6.74. The van der Waals surface area contributed by atoms with Crippen molar-refractivity contribution in [3.8, 4) is 11.4 Å². The molecule has 0 atom stereocenters. The SMILES string of the molecule is c1ccc(CCn2c(SCCN3CCOCC3)nnc2-c2cccnc2)cc1. The number of morpholine rings is 1. The predicted molar refractivity (Wildman–Crippen MR) is 111 cm³/mol. The van der Waals surface area contributed by atoms with Crippen molar-refractivity contribution in [2.75, 3.05) is 38.6 Å². The summed E-state index contributed by atoms with van der Waals surface area (Å²) in [5.74, 6) is 1.88. The summed E-state index contributed by atoms with van der Waals surface area (Å²) in [7, 11) is 0. The van der Waals surface area contributed by atoms with E-state index in [9.17, 15) is 0 Å². The van der Waals surface area contributed by atoms with E-state index >= 15 is 0 Å². The van der Waals surface area contributed by atoms with Crippen molar-refractivity contribution in [2.45, 2.75) is 18.1 Å². The van der Waals surface area contributed by atoms with E-state index < -0.39 is 0 Å². The summed E-state index contributed by atoms with van der Waals surface area (Å²) in [6, 6.07) is 14.5. The third-order valence-corrected chi connectivity index (χ3v) is 5.79. The summed E-state index contributed by atoms with van der Waals surface area (Å²) in [5, 5.41) is 9.95. The second kappa shape index (κ2) is 9.82. The smallest absolute Gasteiger partial charge is 0.191 e. The number of aryl methyl sites for hydroxylation is 1. The Morgan fingerprint density at radius 3 is 2.61 bits per heavy atom. The number of rotatable bonds is 8. The Bertz CT molecular complexity index is 850. The number of nitrogens with zero attached hydrogens (tertiary/aromatic N) is 5. The summed E-state index contributed by atoms with van der Waals surface area (Å²) in [4.78, 5) is 6.69. The van der Waals surface area contributed by atoms with E-state index in [-0.39, 0.29) is 0 Å². The molecule has 1 saturated heterocycles. The Balaban J connectivity index is 1.47. The Labute approximate surface area is 170 Å². The number of benzene rings is 1. The first kappa shape index (κ1) is 19.1. The minimum atomic E-state index is 0.836. The lowest BCUT2D eigenvalue weighted by Crippen LogP contribution is -2.37. The van der Waals surface area contributed by atoms with Gasteiger partial charge in [-0.1, -0.05) is 42.1 Å². The van der Waals surface area contributed by atoms with Crippen LogP contribution in [-0.2, 0) is 17.7 Å². The molecule has 2 aromatic heterocycles. The molecular weight excluding hydrogens is 370 g/mol. The summed E-state index contributed by atoms with van der Waals surface area (Å²) in [5.41, 5.74) is 2.32. The van der Waals surface area contributed by atoms with Crippen LogP contribution in [0.5, 0.6) is 0 Å². The van der Waals surface area contributed by atoms with Crippen molar-refractivity contribution in [1.82, 2.24) is 24.6 Å². The Kier molecular flexibility index (Phi) is 6.70. The predicted octanol–water partition coefficient (Wildman–Crippen LogP) is 3.01. The first-order valence-electron chi connectivity index (χ1n) is 9.70. The summed E-state index contributed by atoms with van der Waals surface area (Å²) < 4.78 is 7.66. The lowest BCUT2D eigenvalue weighted by Gasteiger charge is -2.26. The van der Waals surface area contributed by atoms with Crippen LogP contribution >= 0.6 is 11.8 Å². The highest BCUT2D eigenvalue weighted by atomic mass is 32.2. The van der Waals surface area contributed by atoms with Crippen LogP contribution in [0, 0.1) is 0 Å². The van der Waals surface area contributed by atoms with Crippen molar-refractivity contribution in [3.05, 3.63) is 60.4 Å². The van der Waals surface area contributed by atoms with E-state index in [0.717, 1.165) is 68.1 Å². The average Bonchev–Trinajstić information content (AvgIpc) is 3.17. The first-order valence-corrected chi connectivity index (χ1v) is 10.7. The zero-order valence-corrected chi connectivity index (χ0v) is 16.7. The van der Waals surface area contributed by atoms with Gasteiger partial charge in [-0.05, 0) is 24.1 Å². The van der Waals surface area contributed by atoms with Crippen LogP contribution in [-0.4, -0.2) is 63.2 Å². The topological polar surface area (TPSA) is 56.1 Å². The van der Waals surface area contributed by atoms with Crippen LogP contribution < -0.4 is 0 Å². The Morgan fingerprint density at radius 2 is 1.82 bits per heavy atom. The molecule has 1 aliphatic rings. The van der Waals surface area contributed by atoms with Crippen LogP contribution in [0.2, 0.25) is 0 Å². The quantitative estimate of drug-likeness (QED) is 0.547. The highest BCUT2D eigenvalue weighted by Gasteiger charge is 2.16. The zero-order valence-electron chi connectivity index (χ0n) is 15.9. The molecule has 4 rings (SSSR count). The molecule has 7 heteroatoms. The molecule has 3 aromatic rings. The molecule has 0 amide bonds. The van der Waals surface area contributed by atoms with Crippen molar-refractivity contribution in [1.29, 1.82) is 0 Å². The maximum atomic E-state index is 5.43. The fourth-order valence-corrected chi connectivity index (χ4v) is 4.25. The van der Waals surface area contributed by atoms with E-state index in [0.29, 0.717) is 0 Å². The van der Waals surface area contributed by atoms with Gasteiger partial charge in [0.05, 0.1) is 13.2 Å². The highest BCUT2D eigenvalue weighted by molar-refractivity contribution is 7.99. The molecule has 28 heavy (non-hydrogen) atoms. The summed E-state index contributed by atoms with van der Waals surface area (Å²) in [6.45, 7) is 5.60. The Morgan fingerprint density at radius 1 is 0.964 bits per heavy atom. The molecule has 1 aliphatic heterocycles. The minimum Gasteiger partial charge on any atom is -0.379 e. The van der Waals surface area contributed by atoms with Gasteiger partial charge >= 0.3 is 0 Å². The van der Waals surface area contributed by atoms with Crippen LogP contribution in [0.15, 0.2) is 60.0 Å². The van der Waals surface area contributed by atoms with Crippen LogP contribution in [0.3, 0.4) is 0 Å². The number of hydrogen-bond donors (Lipinski definition) is 0. The second-order valence-corrected chi connectivity index (χ2v) is 7.80. The van der Waals surface area contributed by atoms with Gasteiger partial charge in [0.15, 0.2) is 11.0 Å². The van der Waals surface area contributed by atoms with Gasteiger partial charge in [-0.2, -0.15) is 0 Å². The van der Waals surface area contributed by atoms with E-state index in [4.69, 9.17) is 4.74 Å². The van der Waals surface area contributed by atoms with Crippen molar-refractivity contribution in [3.63, 3.8) is 0 Å². The standard InChI is InChI=1S/C21H25N5OS/c1-2-5-18(6-3-1)8-10-26-20(19-7-4-9-22-17-19)23-24-21(26)28-16-13-25-11-14-27-15-12-25/h1-7,9,17H,8,10-16H2. The van der Waals surface area contributed by atoms with Crippen molar-refractivity contribution >= 4 is 11.8 Å². The molecule has 0 spiro atoms. The van der Waals surface area contributed by atoms with E-state index in [1.54, 1.807) is 18.0 Å². The average molecular weight is 396 g/mol. The van der Waals surface area contributed by atoms with E-state index in [2.05, 4.69) is 55.0 Å². The number of aromatic nitrogens is 4. The van der Waals surface area contributed by atoms with Gasteiger partial charge in [-0.25, -0.2) is 0 Å². The molecule has 0 radical (unpaired) electrons. The molecule has 146 valence electrons. The number of ether oxygens (including phenoxy) is 1. The van der Waals surface area contributed by atoms with Gasteiger partial charge in [0.1, 0.15) is 0 Å². The van der Waals surface area contributed by atoms with Gasteiger partial charge in [0, 0.05) is 49.9 Å². The molecule has 0 saturated carbocycles. The number of pyridine rings is 1. The van der Waals surface area contributed by atoms with Crippen molar-refractivity contribution < 1.29 is 4.74 Å². The third kappa shape index (κ3) is 4.98. The normalized spacial score (nSPS) is 15.0. The molecule has 1 aromatic carbocycles.